The average molecular weight is 365 g/mol. The summed E-state index contributed by atoms with van der Waals surface area (Å²) in [5.41, 5.74) is 6.49. The largest absolute Gasteiger partial charge is 0.369 e. The maximum Gasteiger partial charge on any atom is 0.225 e. The lowest BCUT2D eigenvalue weighted by Crippen LogP contribution is -2.26. The Kier molecular flexibility index (Phi) is 6.61. The molecule has 0 bridgehead atoms. The van der Waals surface area contributed by atoms with Gasteiger partial charge < -0.3 is 15.6 Å². The Morgan fingerprint density at radius 1 is 1.32 bits per heavy atom. The number of primary amides is 1. The van der Waals surface area contributed by atoms with E-state index in [1.807, 2.05) is 36.8 Å². The summed E-state index contributed by atoms with van der Waals surface area (Å²) in [6.45, 7) is 2.62. The number of imidazole rings is 1. The first-order chi connectivity index (χ1) is 10.7. The van der Waals surface area contributed by atoms with E-state index < -0.39 is 0 Å². The number of carbonyl (C=O) groups excluding carboxylic acids is 1. The second kappa shape index (κ2) is 8.70. The molecule has 1 aromatic carbocycles. The third-order valence-corrected chi connectivity index (χ3v) is 4.08. The SMILES string of the molecule is NC(=O)[C@H](CCNCCCn1ccnc1)c1ccc(Br)cc1. The third-order valence-electron chi connectivity index (χ3n) is 3.55. The molecule has 1 heterocycles. The predicted octanol–water partition coefficient (Wildman–Crippen LogP) is 2.28. The first kappa shape index (κ1) is 16.7. The van der Waals surface area contributed by atoms with Crippen molar-refractivity contribution < 1.29 is 4.79 Å². The third kappa shape index (κ3) is 5.27. The highest BCUT2D eigenvalue weighted by Crippen LogP contribution is 2.21. The zero-order valence-electron chi connectivity index (χ0n) is 12.4. The van der Waals surface area contributed by atoms with Crippen LogP contribution in [0.2, 0.25) is 0 Å². The number of rotatable bonds is 9. The fraction of sp³-hybridized carbons (Fsp3) is 0.375. The highest BCUT2D eigenvalue weighted by Gasteiger charge is 2.17. The van der Waals surface area contributed by atoms with Gasteiger partial charge >= 0.3 is 0 Å². The standard InChI is InChI=1S/C16H21BrN4O/c17-14-4-2-13(3-5-14)15(16(18)22)6-8-19-7-1-10-21-11-9-20-12-21/h2-5,9,11-12,15,19H,1,6-8,10H2,(H2,18,22)/t15-/m1/s1. The molecule has 0 spiro atoms. The maximum atomic E-state index is 11.6. The minimum absolute atomic E-state index is 0.241. The molecule has 0 saturated heterocycles. The molecule has 1 amide bonds. The first-order valence-electron chi connectivity index (χ1n) is 7.38. The molecule has 0 radical (unpaired) electrons. The van der Waals surface area contributed by atoms with Crippen LogP contribution in [-0.4, -0.2) is 28.5 Å². The minimum Gasteiger partial charge on any atom is -0.369 e. The van der Waals surface area contributed by atoms with Gasteiger partial charge in [-0.25, -0.2) is 4.98 Å². The van der Waals surface area contributed by atoms with Crippen LogP contribution in [0.4, 0.5) is 0 Å². The lowest BCUT2D eigenvalue weighted by atomic mass is 9.95. The minimum atomic E-state index is -0.275. The number of nitrogens with one attached hydrogen (secondary N) is 1. The van der Waals surface area contributed by atoms with Crippen LogP contribution < -0.4 is 11.1 Å². The van der Waals surface area contributed by atoms with Crippen LogP contribution in [0.25, 0.3) is 0 Å². The zero-order valence-corrected chi connectivity index (χ0v) is 14.0. The molecule has 0 aliphatic heterocycles. The van der Waals surface area contributed by atoms with E-state index in [2.05, 4.69) is 30.8 Å². The lowest BCUT2D eigenvalue weighted by molar-refractivity contribution is -0.119. The Hall–Kier alpha value is -1.66. The Bertz CT molecular complexity index is 568. The molecule has 0 unspecified atom stereocenters. The van der Waals surface area contributed by atoms with Gasteiger partial charge in [0.2, 0.25) is 5.91 Å². The number of hydrogen-bond acceptors (Lipinski definition) is 3. The first-order valence-corrected chi connectivity index (χ1v) is 8.17. The molecule has 0 fully saturated rings. The molecule has 0 aliphatic rings. The van der Waals surface area contributed by atoms with Crippen molar-refractivity contribution in [3.63, 3.8) is 0 Å². The highest BCUT2D eigenvalue weighted by molar-refractivity contribution is 9.10. The summed E-state index contributed by atoms with van der Waals surface area (Å²) in [6, 6.07) is 7.75. The molecule has 2 aromatic rings. The van der Waals surface area contributed by atoms with Crippen molar-refractivity contribution in [2.75, 3.05) is 13.1 Å². The van der Waals surface area contributed by atoms with Gasteiger partial charge in [0.1, 0.15) is 0 Å². The van der Waals surface area contributed by atoms with Crippen LogP contribution in [0, 0.1) is 0 Å². The Labute approximate surface area is 139 Å². The summed E-state index contributed by atoms with van der Waals surface area (Å²) < 4.78 is 3.05. The molecule has 118 valence electrons. The van der Waals surface area contributed by atoms with Crippen LogP contribution in [0.3, 0.4) is 0 Å². The number of carbonyl (C=O) groups is 1. The molecular formula is C16H21BrN4O. The summed E-state index contributed by atoms with van der Waals surface area (Å²) in [6.07, 6.45) is 7.29. The second-order valence-corrected chi connectivity index (χ2v) is 6.11. The number of nitrogens with two attached hydrogens (primary N) is 1. The van der Waals surface area contributed by atoms with E-state index in [1.165, 1.54) is 0 Å². The molecule has 1 aromatic heterocycles. The van der Waals surface area contributed by atoms with E-state index in [4.69, 9.17) is 5.73 Å². The Morgan fingerprint density at radius 3 is 2.73 bits per heavy atom. The summed E-state index contributed by atoms with van der Waals surface area (Å²) in [5.74, 6) is -0.517. The van der Waals surface area contributed by atoms with Gasteiger partial charge in [0.05, 0.1) is 12.2 Å². The summed E-state index contributed by atoms with van der Waals surface area (Å²) in [5, 5.41) is 3.36. The van der Waals surface area contributed by atoms with Crippen LogP contribution in [0.5, 0.6) is 0 Å². The number of halogens is 1. The van der Waals surface area contributed by atoms with Crippen molar-refractivity contribution in [2.45, 2.75) is 25.3 Å². The molecule has 0 aliphatic carbocycles. The predicted molar refractivity (Wildman–Crippen MR) is 90.4 cm³/mol. The van der Waals surface area contributed by atoms with Gasteiger partial charge in [-0.05, 0) is 43.6 Å². The Morgan fingerprint density at radius 2 is 2.09 bits per heavy atom. The normalized spacial score (nSPS) is 12.2. The number of benzene rings is 1. The molecule has 1 atom stereocenters. The van der Waals surface area contributed by atoms with Crippen molar-refractivity contribution in [3.8, 4) is 0 Å². The van der Waals surface area contributed by atoms with Gasteiger partial charge in [-0.2, -0.15) is 0 Å². The number of nitrogens with zero attached hydrogens (tertiary/aromatic N) is 2. The molecule has 5 nitrogen and oxygen atoms in total. The highest BCUT2D eigenvalue weighted by atomic mass is 79.9. The van der Waals surface area contributed by atoms with Gasteiger partial charge in [0, 0.05) is 23.4 Å². The molecule has 6 heteroatoms. The smallest absolute Gasteiger partial charge is 0.225 e. The Balaban J connectivity index is 1.70. The van der Waals surface area contributed by atoms with Gasteiger partial charge in [-0.3, -0.25) is 4.79 Å². The molecule has 0 saturated carbocycles. The van der Waals surface area contributed by atoms with Crippen molar-refractivity contribution in [2.24, 2.45) is 5.73 Å². The van der Waals surface area contributed by atoms with Crippen LogP contribution in [-0.2, 0) is 11.3 Å². The monoisotopic (exact) mass is 364 g/mol. The lowest BCUT2D eigenvalue weighted by Gasteiger charge is -2.14. The van der Waals surface area contributed by atoms with E-state index in [0.29, 0.717) is 6.42 Å². The topological polar surface area (TPSA) is 72.9 Å². The summed E-state index contributed by atoms with van der Waals surface area (Å²) in [7, 11) is 0. The van der Waals surface area contributed by atoms with Crippen LogP contribution >= 0.6 is 15.9 Å². The van der Waals surface area contributed by atoms with Crippen molar-refractivity contribution in [1.29, 1.82) is 0 Å². The van der Waals surface area contributed by atoms with Gasteiger partial charge in [-0.1, -0.05) is 28.1 Å². The quantitative estimate of drug-likeness (QED) is 0.670. The molecule has 22 heavy (non-hydrogen) atoms. The van der Waals surface area contributed by atoms with Crippen molar-refractivity contribution in [3.05, 3.63) is 53.0 Å². The maximum absolute atomic E-state index is 11.6. The number of aromatic nitrogens is 2. The molecule has 2 rings (SSSR count). The van der Waals surface area contributed by atoms with Gasteiger partial charge in [-0.15, -0.1) is 0 Å². The van der Waals surface area contributed by atoms with E-state index in [9.17, 15) is 4.79 Å². The van der Waals surface area contributed by atoms with E-state index in [1.54, 1.807) is 6.20 Å². The van der Waals surface area contributed by atoms with E-state index in [0.717, 1.165) is 36.1 Å². The number of aryl methyl sites for hydroxylation is 1. The fourth-order valence-electron chi connectivity index (χ4n) is 2.35. The molecular weight excluding hydrogens is 344 g/mol. The second-order valence-electron chi connectivity index (χ2n) is 5.20. The summed E-state index contributed by atoms with van der Waals surface area (Å²) in [4.78, 5) is 15.6. The van der Waals surface area contributed by atoms with Crippen molar-refractivity contribution in [1.82, 2.24) is 14.9 Å². The number of hydrogen-bond donors (Lipinski definition) is 2. The zero-order chi connectivity index (χ0) is 15.8. The van der Waals surface area contributed by atoms with Crippen molar-refractivity contribution >= 4 is 21.8 Å². The van der Waals surface area contributed by atoms with Gasteiger partial charge in [0.15, 0.2) is 0 Å². The number of amides is 1. The van der Waals surface area contributed by atoms with Gasteiger partial charge in [0.25, 0.3) is 0 Å². The van der Waals surface area contributed by atoms with E-state index in [-0.39, 0.29) is 11.8 Å². The average Bonchev–Trinajstić information content (AvgIpc) is 3.01. The van der Waals surface area contributed by atoms with Crippen LogP contribution in [0.15, 0.2) is 47.5 Å². The van der Waals surface area contributed by atoms with E-state index >= 15 is 0 Å². The fourth-order valence-corrected chi connectivity index (χ4v) is 2.61. The molecule has 3 N–H and O–H groups in total. The van der Waals surface area contributed by atoms with Crippen LogP contribution in [0.1, 0.15) is 24.3 Å². The summed E-state index contributed by atoms with van der Waals surface area (Å²) >= 11 is 3.39.